The molecule has 3 aromatic rings. The molecule has 5 rings (SSSR count). The van der Waals surface area contributed by atoms with Gasteiger partial charge in [-0.15, -0.1) is 22.7 Å². The minimum atomic E-state index is -0.111. The fourth-order valence-electron chi connectivity index (χ4n) is 4.46. The number of thiazole rings is 1. The summed E-state index contributed by atoms with van der Waals surface area (Å²) in [6.07, 6.45) is 2.49. The van der Waals surface area contributed by atoms with Crippen molar-refractivity contribution in [1.82, 2.24) is 15.3 Å². The smallest absolute Gasteiger partial charge is 0.263 e. The van der Waals surface area contributed by atoms with E-state index in [1.807, 2.05) is 13.0 Å². The van der Waals surface area contributed by atoms with Crippen molar-refractivity contribution in [2.75, 3.05) is 30.8 Å². The van der Waals surface area contributed by atoms with Gasteiger partial charge in [-0.2, -0.15) is 0 Å². The molecule has 164 valence electrons. The number of hydrogen-bond donors (Lipinski definition) is 3. The topological polar surface area (TPSA) is 119 Å². The van der Waals surface area contributed by atoms with Crippen LogP contribution in [-0.2, 0) is 17.6 Å². The molecule has 1 saturated heterocycles. The van der Waals surface area contributed by atoms with Crippen LogP contribution in [0, 0.1) is 6.92 Å². The highest BCUT2D eigenvalue weighted by molar-refractivity contribution is 7.29. The first kappa shape index (κ1) is 20.6. The molecule has 0 saturated carbocycles. The maximum atomic E-state index is 12.9. The van der Waals surface area contributed by atoms with Crippen LogP contribution in [0.1, 0.15) is 32.4 Å². The number of carbonyl (C=O) groups excluding carboxylic acids is 1. The normalized spacial score (nSPS) is 23.3. The zero-order valence-corrected chi connectivity index (χ0v) is 19.2. The number of carbonyl (C=O) groups is 1. The SMILES string of the molecule is COC1CN(c2ccc3c(n2)CCC(NC(=O)c2sc4nc(C)sc4c2N)C3)CC1N. The van der Waals surface area contributed by atoms with Crippen LogP contribution in [0.15, 0.2) is 12.1 Å². The Balaban J connectivity index is 1.27. The second-order valence-corrected chi connectivity index (χ2v) is 10.4. The van der Waals surface area contributed by atoms with Gasteiger partial charge in [-0.3, -0.25) is 4.79 Å². The number of amides is 1. The molecule has 3 aromatic heterocycles. The number of rotatable bonds is 4. The van der Waals surface area contributed by atoms with Crippen LogP contribution in [-0.4, -0.2) is 54.3 Å². The van der Waals surface area contributed by atoms with Gasteiger partial charge in [0.1, 0.15) is 15.5 Å². The van der Waals surface area contributed by atoms with Crippen molar-refractivity contribution in [3.8, 4) is 0 Å². The van der Waals surface area contributed by atoms with Crippen molar-refractivity contribution >= 4 is 49.6 Å². The van der Waals surface area contributed by atoms with Crippen LogP contribution >= 0.6 is 22.7 Å². The van der Waals surface area contributed by atoms with Crippen molar-refractivity contribution in [2.45, 2.75) is 44.4 Å². The van der Waals surface area contributed by atoms with Gasteiger partial charge in [0.15, 0.2) is 0 Å². The number of nitrogen functional groups attached to an aromatic ring is 1. The monoisotopic (exact) mass is 458 g/mol. The Morgan fingerprint density at radius 2 is 2.13 bits per heavy atom. The molecule has 1 fully saturated rings. The van der Waals surface area contributed by atoms with Crippen LogP contribution < -0.4 is 21.7 Å². The van der Waals surface area contributed by atoms with E-state index in [1.54, 1.807) is 7.11 Å². The number of thiophene rings is 1. The van der Waals surface area contributed by atoms with Crippen LogP contribution in [0.4, 0.5) is 11.5 Å². The number of nitrogens with zero attached hydrogens (tertiary/aromatic N) is 3. The largest absolute Gasteiger partial charge is 0.396 e. The Labute approximate surface area is 188 Å². The summed E-state index contributed by atoms with van der Waals surface area (Å²) < 4.78 is 6.37. The summed E-state index contributed by atoms with van der Waals surface area (Å²) in [5, 5.41) is 4.13. The number of ether oxygens (including phenoxy) is 1. The lowest BCUT2D eigenvalue weighted by molar-refractivity contribution is 0.0938. The molecule has 1 aliphatic heterocycles. The number of aromatic nitrogens is 2. The molecule has 10 heteroatoms. The zero-order chi connectivity index (χ0) is 21.7. The first-order valence-corrected chi connectivity index (χ1v) is 12.0. The van der Waals surface area contributed by atoms with E-state index in [2.05, 4.69) is 21.3 Å². The molecule has 8 nitrogen and oxygen atoms in total. The van der Waals surface area contributed by atoms with Crippen molar-refractivity contribution in [3.63, 3.8) is 0 Å². The molecule has 1 amide bonds. The highest BCUT2D eigenvalue weighted by atomic mass is 32.1. The number of hydrogen-bond acceptors (Lipinski definition) is 9. The van der Waals surface area contributed by atoms with E-state index < -0.39 is 0 Å². The van der Waals surface area contributed by atoms with Crippen LogP contribution in [0.2, 0.25) is 0 Å². The molecule has 2 aliphatic rings. The fourth-order valence-corrected chi connectivity index (χ4v) is 6.55. The molecule has 0 aromatic carbocycles. The first-order chi connectivity index (χ1) is 14.9. The molecule has 1 aliphatic carbocycles. The summed E-state index contributed by atoms with van der Waals surface area (Å²) in [4.78, 5) is 25.8. The second-order valence-electron chi connectivity index (χ2n) is 8.24. The van der Waals surface area contributed by atoms with E-state index in [0.717, 1.165) is 58.4 Å². The number of aryl methyl sites for hydroxylation is 2. The van der Waals surface area contributed by atoms with Crippen LogP contribution in [0.5, 0.6) is 0 Å². The maximum absolute atomic E-state index is 12.9. The van der Waals surface area contributed by atoms with E-state index in [0.29, 0.717) is 10.6 Å². The van der Waals surface area contributed by atoms with Crippen molar-refractivity contribution < 1.29 is 9.53 Å². The number of methoxy groups -OCH3 is 1. The average molecular weight is 459 g/mol. The molecule has 0 spiro atoms. The lowest BCUT2D eigenvalue weighted by atomic mass is 9.91. The summed E-state index contributed by atoms with van der Waals surface area (Å²) in [6, 6.07) is 4.25. The molecule has 0 radical (unpaired) electrons. The molecule has 3 atom stereocenters. The van der Waals surface area contributed by atoms with Crippen LogP contribution in [0.3, 0.4) is 0 Å². The standard InChI is InChI=1S/C21H26N6O2S2/c1-10-24-21-19(30-10)17(23)18(31-21)20(28)25-12-4-5-14-11(7-12)3-6-16(26-14)27-8-13(22)15(9-27)29-2/h3,6,12-13,15H,4-5,7-9,22-23H2,1-2H3,(H,25,28). The summed E-state index contributed by atoms with van der Waals surface area (Å²) in [6.45, 7) is 3.46. The highest BCUT2D eigenvalue weighted by Gasteiger charge is 2.32. The third-order valence-corrected chi connectivity index (χ3v) is 8.35. The highest BCUT2D eigenvalue weighted by Crippen LogP contribution is 2.37. The van der Waals surface area contributed by atoms with E-state index >= 15 is 0 Å². The Bertz CT molecular complexity index is 1140. The van der Waals surface area contributed by atoms with Gasteiger partial charge in [-0.05, 0) is 37.8 Å². The summed E-state index contributed by atoms with van der Waals surface area (Å²) in [5.41, 5.74) is 15.2. The minimum absolute atomic E-state index is 0.00138. The average Bonchev–Trinajstić information content (AvgIpc) is 3.40. The lowest BCUT2D eigenvalue weighted by Gasteiger charge is -2.26. The quantitative estimate of drug-likeness (QED) is 0.548. The maximum Gasteiger partial charge on any atom is 0.263 e. The van der Waals surface area contributed by atoms with Gasteiger partial charge in [-0.1, -0.05) is 6.07 Å². The zero-order valence-electron chi connectivity index (χ0n) is 17.6. The number of anilines is 2. The summed E-state index contributed by atoms with van der Waals surface area (Å²) in [7, 11) is 1.70. The second kappa shape index (κ2) is 8.01. The van der Waals surface area contributed by atoms with Gasteiger partial charge >= 0.3 is 0 Å². The van der Waals surface area contributed by atoms with Crippen LogP contribution in [0.25, 0.3) is 9.53 Å². The molecule has 5 N–H and O–H groups in total. The van der Waals surface area contributed by atoms with Gasteiger partial charge < -0.3 is 26.4 Å². The minimum Gasteiger partial charge on any atom is -0.396 e. The molecule has 4 heterocycles. The van der Waals surface area contributed by atoms with Crippen molar-refractivity contribution in [3.05, 3.63) is 33.3 Å². The van der Waals surface area contributed by atoms with Gasteiger partial charge in [0.2, 0.25) is 0 Å². The summed E-state index contributed by atoms with van der Waals surface area (Å²) >= 11 is 2.90. The van der Waals surface area contributed by atoms with Gasteiger partial charge in [0.05, 0.1) is 27.5 Å². The predicted octanol–water partition coefficient (Wildman–Crippen LogP) is 2.09. The first-order valence-electron chi connectivity index (χ1n) is 10.4. The summed E-state index contributed by atoms with van der Waals surface area (Å²) in [5.74, 6) is 0.838. The third-order valence-electron chi connectivity index (χ3n) is 6.12. The molecular weight excluding hydrogens is 432 g/mol. The predicted molar refractivity (Wildman–Crippen MR) is 125 cm³/mol. The Morgan fingerprint density at radius 3 is 2.87 bits per heavy atom. The molecular formula is C21H26N6O2S2. The van der Waals surface area contributed by atoms with E-state index in [9.17, 15) is 4.79 Å². The van der Waals surface area contributed by atoms with Gasteiger partial charge in [0, 0.05) is 31.9 Å². The number of fused-ring (bicyclic) bond motifs is 2. The Hall–Kier alpha value is -2.27. The van der Waals surface area contributed by atoms with Gasteiger partial charge in [-0.25, -0.2) is 9.97 Å². The number of pyridine rings is 1. The Morgan fingerprint density at radius 1 is 1.29 bits per heavy atom. The van der Waals surface area contributed by atoms with Gasteiger partial charge in [0.25, 0.3) is 5.91 Å². The lowest BCUT2D eigenvalue weighted by Crippen LogP contribution is -2.39. The molecule has 31 heavy (non-hydrogen) atoms. The molecule has 3 unspecified atom stereocenters. The van der Waals surface area contributed by atoms with Crippen molar-refractivity contribution in [2.24, 2.45) is 5.73 Å². The number of nitrogens with one attached hydrogen (secondary N) is 1. The van der Waals surface area contributed by atoms with Crippen molar-refractivity contribution in [1.29, 1.82) is 0 Å². The van der Waals surface area contributed by atoms with E-state index in [1.165, 1.54) is 28.2 Å². The van der Waals surface area contributed by atoms with E-state index in [-0.39, 0.29) is 24.1 Å². The van der Waals surface area contributed by atoms with E-state index in [4.69, 9.17) is 21.2 Å². The molecule has 0 bridgehead atoms. The number of nitrogens with two attached hydrogens (primary N) is 2. The fraction of sp³-hybridized carbons (Fsp3) is 0.476. The third kappa shape index (κ3) is 3.78. The Kier molecular flexibility index (Phi) is 5.33.